The standard InChI is InChI=1S/C63H110O6/c1-4-7-10-13-16-19-22-25-28-30-31-33-36-38-41-44-47-50-53-56-62(65)68-59-60(69-63(66)57-54-51-48-45-42-39-34-27-24-21-18-15-12-9-6-3)58-67-61(64)55-52-49-46-43-40-37-35-32-29-26-23-20-17-14-11-8-5-2/h8,11,17,20-21,24-26,28-29,35,37,60H,4-7,9-10,12-16,18-19,22-23,27,30-34,36,38-59H2,1-3H3/b11-8-,20-17-,24-21-,28-25-,29-26-,37-35-/t60-/m1/s1. The average molecular weight is 964 g/mol. The van der Waals surface area contributed by atoms with Gasteiger partial charge in [-0.3, -0.25) is 14.4 Å². The minimum absolute atomic E-state index is 0.0852. The highest BCUT2D eigenvalue weighted by atomic mass is 16.6. The summed E-state index contributed by atoms with van der Waals surface area (Å²) in [6, 6.07) is 0. The van der Waals surface area contributed by atoms with E-state index >= 15 is 0 Å². The lowest BCUT2D eigenvalue weighted by molar-refractivity contribution is -0.167. The molecule has 0 bridgehead atoms. The lowest BCUT2D eigenvalue weighted by atomic mass is 10.1. The molecule has 0 aromatic carbocycles. The Morgan fingerprint density at radius 3 is 0.913 bits per heavy atom. The zero-order valence-corrected chi connectivity index (χ0v) is 45.6. The Hall–Kier alpha value is -3.15. The van der Waals surface area contributed by atoms with Crippen molar-refractivity contribution in [3.8, 4) is 0 Å². The minimum atomic E-state index is -0.789. The summed E-state index contributed by atoms with van der Waals surface area (Å²) in [4.78, 5) is 38.2. The van der Waals surface area contributed by atoms with E-state index in [9.17, 15) is 14.4 Å². The number of carbonyl (C=O) groups excluding carboxylic acids is 3. The number of rotatable bonds is 53. The maximum Gasteiger partial charge on any atom is 0.306 e. The Labute approximate surface area is 427 Å². The van der Waals surface area contributed by atoms with Crippen LogP contribution in [0, 0.1) is 0 Å². The number of hydrogen-bond acceptors (Lipinski definition) is 6. The second kappa shape index (κ2) is 57.4. The van der Waals surface area contributed by atoms with Gasteiger partial charge in [-0.1, -0.05) is 235 Å². The molecule has 0 fully saturated rings. The molecule has 0 aromatic heterocycles. The molecule has 0 saturated heterocycles. The van der Waals surface area contributed by atoms with Crippen LogP contribution in [0.5, 0.6) is 0 Å². The molecule has 398 valence electrons. The van der Waals surface area contributed by atoms with Crippen LogP contribution < -0.4 is 0 Å². The fraction of sp³-hybridized carbons (Fsp3) is 0.762. The summed E-state index contributed by atoms with van der Waals surface area (Å²) in [5.74, 6) is -0.907. The Balaban J connectivity index is 4.40. The first-order valence-electron chi connectivity index (χ1n) is 29.4. The van der Waals surface area contributed by atoms with Crippen molar-refractivity contribution < 1.29 is 28.6 Å². The zero-order valence-electron chi connectivity index (χ0n) is 45.6. The highest BCUT2D eigenvalue weighted by Gasteiger charge is 2.19. The van der Waals surface area contributed by atoms with Crippen LogP contribution in [0.1, 0.15) is 290 Å². The third-order valence-corrected chi connectivity index (χ3v) is 12.7. The molecule has 69 heavy (non-hydrogen) atoms. The Morgan fingerprint density at radius 2 is 0.565 bits per heavy atom. The summed E-state index contributed by atoms with van der Waals surface area (Å²) in [5, 5.41) is 0. The van der Waals surface area contributed by atoms with Crippen molar-refractivity contribution in [1.29, 1.82) is 0 Å². The first-order valence-corrected chi connectivity index (χ1v) is 29.4. The number of unbranched alkanes of at least 4 members (excludes halogenated alkanes) is 30. The first-order chi connectivity index (χ1) is 34.0. The van der Waals surface area contributed by atoms with Gasteiger partial charge in [-0.2, -0.15) is 0 Å². The van der Waals surface area contributed by atoms with Crippen LogP contribution in [0.15, 0.2) is 72.9 Å². The highest BCUT2D eigenvalue weighted by Crippen LogP contribution is 2.15. The Kier molecular flexibility index (Phi) is 54.8. The van der Waals surface area contributed by atoms with Crippen molar-refractivity contribution in [2.45, 2.75) is 297 Å². The molecule has 0 aliphatic heterocycles. The number of hydrogen-bond donors (Lipinski definition) is 0. The molecule has 0 spiro atoms. The van der Waals surface area contributed by atoms with E-state index < -0.39 is 6.10 Å². The molecule has 0 heterocycles. The SMILES string of the molecule is CC/C=C\C/C=C\C/C=C\C/C=C\CCCCCCC(=O)OC[C@H](COC(=O)CCCCCCCCCCC/C=C\CCCCCCCC)OC(=O)CCCCCCCCC/C=C\CCCCCC. The van der Waals surface area contributed by atoms with Gasteiger partial charge in [0.15, 0.2) is 6.10 Å². The van der Waals surface area contributed by atoms with Gasteiger partial charge in [-0.15, -0.1) is 0 Å². The molecule has 0 aromatic rings. The van der Waals surface area contributed by atoms with E-state index in [0.717, 1.165) is 96.3 Å². The van der Waals surface area contributed by atoms with Crippen LogP contribution >= 0.6 is 0 Å². The van der Waals surface area contributed by atoms with E-state index in [-0.39, 0.29) is 31.1 Å². The second-order valence-corrected chi connectivity index (χ2v) is 19.5. The Morgan fingerprint density at radius 1 is 0.304 bits per heavy atom. The van der Waals surface area contributed by atoms with Crippen LogP contribution in [0.4, 0.5) is 0 Å². The van der Waals surface area contributed by atoms with E-state index in [1.54, 1.807) is 0 Å². The van der Waals surface area contributed by atoms with Gasteiger partial charge in [-0.05, 0) is 109 Å². The average Bonchev–Trinajstić information content (AvgIpc) is 3.35. The quantitative estimate of drug-likeness (QED) is 0.0262. The van der Waals surface area contributed by atoms with E-state index in [1.807, 2.05) is 0 Å². The predicted octanol–water partition coefficient (Wildman–Crippen LogP) is 19.8. The molecule has 0 radical (unpaired) electrons. The number of carbonyl (C=O) groups is 3. The second-order valence-electron chi connectivity index (χ2n) is 19.5. The molecule has 6 nitrogen and oxygen atoms in total. The summed E-state index contributed by atoms with van der Waals surface area (Å²) < 4.78 is 16.9. The third-order valence-electron chi connectivity index (χ3n) is 12.7. The zero-order chi connectivity index (χ0) is 50.0. The molecule has 1 atom stereocenters. The van der Waals surface area contributed by atoms with Crippen molar-refractivity contribution in [2.75, 3.05) is 13.2 Å². The van der Waals surface area contributed by atoms with E-state index in [4.69, 9.17) is 14.2 Å². The number of allylic oxidation sites excluding steroid dienone is 12. The summed E-state index contributed by atoms with van der Waals surface area (Å²) >= 11 is 0. The van der Waals surface area contributed by atoms with Crippen LogP contribution in [-0.2, 0) is 28.6 Å². The molecule has 0 N–H and O–H groups in total. The van der Waals surface area contributed by atoms with Gasteiger partial charge in [0.25, 0.3) is 0 Å². The summed E-state index contributed by atoms with van der Waals surface area (Å²) in [5.41, 5.74) is 0. The van der Waals surface area contributed by atoms with Gasteiger partial charge in [0.05, 0.1) is 0 Å². The van der Waals surface area contributed by atoms with Crippen molar-refractivity contribution in [3.63, 3.8) is 0 Å². The van der Waals surface area contributed by atoms with Crippen LogP contribution in [-0.4, -0.2) is 37.2 Å². The lowest BCUT2D eigenvalue weighted by Gasteiger charge is -2.18. The minimum Gasteiger partial charge on any atom is -0.462 e. The molecule has 0 unspecified atom stereocenters. The molecule has 0 rings (SSSR count). The number of ether oxygens (including phenoxy) is 3. The molecule has 6 heteroatoms. The van der Waals surface area contributed by atoms with E-state index in [1.165, 1.54) is 154 Å². The van der Waals surface area contributed by atoms with Gasteiger partial charge in [0.2, 0.25) is 0 Å². The third kappa shape index (κ3) is 55.6. The van der Waals surface area contributed by atoms with E-state index in [0.29, 0.717) is 19.3 Å². The van der Waals surface area contributed by atoms with Crippen molar-refractivity contribution in [2.24, 2.45) is 0 Å². The molecule has 0 aliphatic carbocycles. The maximum atomic E-state index is 12.9. The predicted molar refractivity (Wildman–Crippen MR) is 298 cm³/mol. The topological polar surface area (TPSA) is 78.9 Å². The maximum absolute atomic E-state index is 12.9. The van der Waals surface area contributed by atoms with Gasteiger partial charge in [0.1, 0.15) is 13.2 Å². The van der Waals surface area contributed by atoms with Crippen LogP contribution in [0.25, 0.3) is 0 Å². The summed E-state index contributed by atoms with van der Waals surface area (Å²) in [7, 11) is 0. The fourth-order valence-electron chi connectivity index (χ4n) is 8.25. The largest absolute Gasteiger partial charge is 0.462 e. The molecule has 0 amide bonds. The molecular formula is C63H110O6. The monoisotopic (exact) mass is 963 g/mol. The smallest absolute Gasteiger partial charge is 0.306 e. The molecule has 0 aliphatic rings. The number of esters is 3. The lowest BCUT2D eigenvalue weighted by Crippen LogP contribution is -2.30. The highest BCUT2D eigenvalue weighted by molar-refractivity contribution is 5.71. The molecule has 0 saturated carbocycles. The van der Waals surface area contributed by atoms with Crippen LogP contribution in [0.2, 0.25) is 0 Å². The Bertz CT molecular complexity index is 1290. The van der Waals surface area contributed by atoms with Gasteiger partial charge in [-0.25, -0.2) is 0 Å². The van der Waals surface area contributed by atoms with Gasteiger partial charge in [0, 0.05) is 19.3 Å². The van der Waals surface area contributed by atoms with Gasteiger partial charge < -0.3 is 14.2 Å². The normalized spacial score (nSPS) is 12.6. The fourth-order valence-corrected chi connectivity index (χ4v) is 8.25. The first kappa shape index (κ1) is 65.8. The summed E-state index contributed by atoms with van der Waals surface area (Å²) in [6.45, 7) is 6.51. The molecular weight excluding hydrogens is 853 g/mol. The van der Waals surface area contributed by atoms with Crippen molar-refractivity contribution in [1.82, 2.24) is 0 Å². The van der Waals surface area contributed by atoms with Crippen LogP contribution in [0.3, 0.4) is 0 Å². The van der Waals surface area contributed by atoms with Crippen molar-refractivity contribution in [3.05, 3.63) is 72.9 Å². The van der Waals surface area contributed by atoms with Gasteiger partial charge >= 0.3 is 17.9 Å². The van der Waals surface area contributed by atoms with Crippen molar-refractivity contribution >= 4 is 17.9 Å². The van der Waals surface area contributed by atoms with E-state index in [2.05, 4.69) is 93.7 Å². The summed E-state index contributed by atoms with van der Waals surface area (Å²) in [6.07, 6.45) is 73.2.